The maximum absolute atomic E-state index is 12.3. The fourth-order valence-electron chi connectivity index (χ4n) is 3.25. The van der Waals surface area contributed by atoms with E-state index in [0.717, 1.165) is 11.1 Å². The molecule has 2 aliphatic rings. The molecule has 2 aliphatic heterocycles. The van der Waals surface area contributed by atoms with Crippen LogP contribution in [0.15, 0.2) is 24.3 Å². The zero-order valence-electron chi connectivity index (χ0n) is 13.3. The van der Waals surface area contributed by atoms with Crippen LogP contribution in [0.3, 0.4) is 0 Å². The minimum Gasteiger partial charge on any atom is -0.444 e. The molecule has 0 bridgehead atoms. The van der Waals surface area contributed by atoms with E-state index in [1.54, 1.807) is 4.90 Å². The number of hydrogen-bond donors (Lipinski definition) is 1. The Morgan fingerprint density at radius 3 is 2.73 bits per heavy atom. The Bertz CT molecular complexity index is 606. The lowest BCUT2D eigenvalue weighted by atomic mass is 9.87. The van der Waals surface area contributed by atoms with Gasteiger partial charge in [0.2, 0.25) is 0 Å². The first kappa shape index (κ1) is 14.9. The maximum atomic E-state index is 12.3. The third-order valence-electron chi connectivity index (χ3n) is 4.22. The SMILES string of the molecule is CC(C)(C)OC(=O)N1C[C@@H]2CNC(=O)c3ccccc3[C@H]2C1. The molecule has 0 spiro atoms. The van der Waals surface area contributed by atoms with Crippen LogP contribution in [0.2, 0.25) is 0 Å². The number of carbonyl (C=O) groups excluding carboxylic acids is 2. The minimum absolute atomic E-state index is 0.0196. The number of benzene rings is 1. The summed E-state index contributed by atoms with van der Waals surface area (Å²) in [4.78, 5) is 26.2. The van der Waals surface area contributed by atoms with Crippen molar-refractivity contribution in [2.45, 2.75) is 32.3 Å². The van der Waals surface area contributed by atoms with Crippen LogP contribution in [0.1, 0.15) is 42.6 Å². The molecule has 2 heterocycles. The van der Waals surface area contributed by atoms with Gasteiger partial charge in [0.25, 0.3) is 5.91 Å². The molecule has 1 aromatic carbocycles. The van der Waals surface area contributed by atoms with Crippen molar-refractivity contribution in [3.63, 3.8) is 0 Å². The second kappa shape index (κ2) is 5.30. The minimum atomic E-state index is -0.492. The number of likely N-dealkylation sites (tertiary alicyclic amines) is 1. The van der Waals surface area contributed by atoms with Gasteiger partial charge < -0.3 is 15.0 Å². The molecule has 0 unspecified atom stereocenters. The number of fused-ring (bicyclic) bond motifs is 3. The predicted octanol–water partition coefficient (Wildman–Crippen LogP) is 2.38. The topological polar surface area (TPSA) is 58.6 Å². The number of carbonyl (C=O) groups is 2. The molecule has 0 saturated carbocycles. The summed E-state index contributed by atoms with van der Waals surface area (Å²) in [6, 6.07) is 7.67. The highest BCUT2D eigenvalue weighted by Gasteiger charge is 2.40. The number of nitrogens with zero attached hydrogens (tertiary/aromatic N) is 1. The first-order valence-corrected chi connectivity index (χ1v) is 7.70. The normalized spacial score (nSPS) is 24.1. The zero-order valence-corrected chi connectivity index (χ0v) is 13.3. The van der Waals surface area contributed by atoms with E-state index in [0.29, 0.717) is 19.6 Å². The molecule has 1 N–H and O–H groups in total. The van der Waals surface area contributed by atoms with Gasteiger partial charge in [-0.05, 0) is 32.4 Å². The third-order valence-corrected chi connectivity index (χ3v) is 4.22. The summed E-state index contributed by atoms with van der Waals surface area (Å²) in [7, 11) is 0. The largest absolute Gasteiger partial charge is 0.444 e. The Morgan fingerprint density at radius 1 is 1.27 bits per heavy atom. The molecule has 5 nitrogen and oxygen atoms in total. The molecule has 1 fully saturated rings. The maximum Gasteiger partial charge on any atom is 0.410 e. The lowest BCUT2D eigenvalue weighted by Gasteiger charge is -2.24. The second-order valence-corrected chi connectivity index (χ2v) is 7.05. The van der Waals surface area contributed by atoms with Crippen molar-refractivity contribution in [3.05, 3.63) is 35.4 Å². The van der Waals surface area contributed by atoms with Gasteiger partial charge in [-0.1, -0.05) is 18.2 Å². The third kappa shape index (κ3) is 2.80. The van der Waals surface area contributed by atoms with Crippen LogP contribution in [0.4, 0.5) is 4.79 Å². The fraction of sp³-hybridized carbons (Fsp3) is 0.529. The van der Waals surface area contributed by atoms with Crippen LogP contribution >= 0.6 is 0 Å². The van der Waals surface area contributed by atoms with Gasteiger partial charge >= 0.3 is 6.09 Å². The standard InChI is InChI=1S/C17H22N2O3/c1-17(2,3)22-16(21)19-9-11-8-18-15(20)13-7-5-4-6-12(13)14(11)10-19/h4-7,11,14H,8-10H2,1-3H3,(H,18,20)/t11-,14-/m0/s1. The monoisotopic (exact) mass is 302 g/mol. The van der Waals surface area contributed by atoms with Crippen molar-refractivity contribution in [2.24, 2.45) is 5.92 Å². The van der Waals surface area contributed by atoms with Gasteiger partial charge in [0.15, 0.2) is 0 Å². The lowest BCUT2D eigenvalue weighted by Crippen LogP contribution is -2.36. The van der Waals surface area contributed by atoms with Gasteiger partial charge in [0.05, 0.1) is 0 Å². The average Bonchev–Trinajstić information content (AvgIpc) is 2.82. The van der Waals surface area contributed by atoms with Crippen LogP contribution in [0.5, 0.6) is 0 Å². The summed E-state index contributed by atoms with van der Waals surface area (Å²) >= 11 is 0. The van der Waals surface area contributed by atoms with Crippen LogP contribution < -0.4 is 5.32 Å². The highest BCUT2D eigenvalue weighted by atomic mass is 16.6. The summed E-state index contributed by atoms with van der Waals surface area (Å²) < 4.78 is 5.47. The summed E-state index contributed by atoms with van der Waals surface area (Å²) in [6.45, 7) is 7.43. The van der Waals surface area contributed by atoms with E-state index in [4.69, 9.17) is 4.74 Å². The number of ether oxygens (including phenoxy) is 1. The molecule has 5 heteroatoms. The Kier molecular flexibility index (Phi) is 3.59. The van der Waals surface area contributed by atoms with Gasteiger partial charge in [0, 0.05) is 37.0 Å². The first-order chi connectivity index (χ1) is 10.3. The zero-order chi connectivity index (χ0) is 15.9. The fourth-order valence-corrected chi connectivity index (χ4v) is 3.25. The molecular weight excluding hydrogens is 280 g/mol. The van der Waals surface area contributed by atoms with E-state index in [9.17, 15) is 9.59 Å². The summed E-state index contributed by atoms with van der Waals surface area (Å²) in [5.41, 5.74) is 1.27. The van der Waals surface area contributed by atoms with Crippen molar-refractivity contribution in [2.75, 3.05) is 19.6 Å². The predicted molar refractivity (Wildman–Crippen MR) is 82.8 cm³/mol. The van der Waals surface area contributed by atoms with Crippen LogP contribution in [0, 0.1) is 5.92 Å². The van der Waals surface area contributed by atoms with Crippen molar-refractivity contribution in [1.29, 1.82) is 0 Å². The number of rotatable bonds is 0. The van der Waals surface area contributed by atoms with E-state index < -0.39 is 5.60 Å². The van der Waals surface area contributed by atoms with Crippen molar-refractivity contribution in [1.82, 2.24) is 10.2 Å². The molecule has 2 atom stereocenters. The van der Waals surface area contributed by atoms with Crippen LogP contribution in [0.25, 0.3) is 0 Å². The van der Waals surface area contributed by atoms with Gasteiger partial charge in [-0.25, -0.2) is 4.79 Å². The molecule has 0 radical (unpaired) electrons. The van der Waals surface area contributed by atoms with Crippen molar-refractivity contribution < 1.29 is 14.3 Å². The molecule has 3 rings (SSSR count). The second-order valence-electron chi connectivity index (χ2n) is 7.05. The molecule has 2 amide bonds. The highest BCUT2D eigenvalue weighted by molar-refractivity contribution is 5.96. The van der Waals surface area contributed by atoms with Crippen LogP contribution in [-0.2, 0) is 4.74 Å². The van der Waals surface area contributed by atoms with E-state index in [2.05, 4.69) is 5.32 Å². The van der Waals surface area contributed by atoms with Gasteiger partial charge in [0.1, 0.15) is 5.60 Å². The number of nitrogens with one attached hydrogen (secondary N) is 1. The summed E-state index contributed by atoms with van der Waals surface area (Å²) in [5.74, 6) is 0.400. The summed E-state index contributed by atoms with van der Waals surface area (Å²) in [5, 5.41) is 2.96. The first-order valence-electron chi connectivity index (χ1n) is 7.70. The van der Waals surface area contributed by atoms with E-state index in [1.165, 1.54) is 0 Å². The van der Waals surface area contributed by atoms with Crippen LogP contribution in [-0.4, -0.2) is 42.1 Å². The number of hydrogen-bond acceptors (Lipinski definition) is 3. The molecule has 1 saturated heterocycles. The molecular formula is C17H22N2O3. The Balaban J connectivity index is 1.83. The highest BCUT2D eigenvalue weighted by Crippen LogP contribution is 2.36. The van der Waals surface area contributed by atoms with E-state index in [1.807, 2.05) is 45.0 Å². The smallest absolute Gasteiger partial charge is 0.410 e. The van der Waals surface area contributed by atoms with Crippen molar-refractivity contribution in [3.8, 4) is 0 Å². The van der Waals surface area contributed by atoms with Gasteiger partial charge in [-0.15, -0.1) is 0 Å². The molecule has 118 valence electrons. The molecule has 22 heavy (non-hydrogen) atoms. The van der Waals surface area contributed by atoms with Crippen molar-refractivity contribution >= 4 is 12.0 Å². The lowest BCUT2D eigenvalue weighted by molar-refractivity contribution is 0.0287. The quantitative estimate of drug-likeness (QED) is 0.800. The molecule has 1 aromatic rings. The van der Waals surface area contributed by atoms with E-state index >= 15 is 0 Å². The molecule has 0 aliphatic carbocycles. The Labute approximate surface area is 130 Å². The average molecular weight is 302 g/mol. The van der Waals surface area contributed by atoms with Gasteiger partial charge in [-0.3, -0.25) is 4.79 Å². The summed E-state index contributed by atoms with van der Waals surface area (Å²) in [6.07, 6.45) is -0.274. The van der Waals surface area contributed by atoms with Gasteiger partial charge in [-0.2, -0.15) is 0 Å². The Hall–Kier alpha value is -2.04. The number of amides is 2. The molecule has 0 aromatic heterocycles. The van der Waals surface area contributed by atoms with E-state index in [-0.39, 0.29) is 23.8 Å². The Morgan fingerprint density at radius 2 is 2.00 bits per heavy atom.